The van der Waals surface area contributed by atoms with Gasteiger partial charge in [-0.3, -0.25) is 15.0 Å². The Morgan fingerprint density at radius 1 is 0.320 bits per heavy atom. The molecule has 10 aromatic rings. The number of nitrogens with zero attached hydrogens (tertiary/aromatic N) is 4. The van der Waals surface area contributed by atoms with E-state index < -0.39 is 0 Å². The largest absolute Gasteiger partial charge is 0.256 e. The second kappa shape index (κ2) is 11.4. The van der Waals surface area contributed by atoms with Crippen molar-refractivity contribution in [3.8, 4) is 44.8 Å². The van der Waals surface area contributed by atoms with E-state index in [0.717, 1.165) is 60.8 Å². The molecule has 4 heteroatoms. The Kier molecular flexibility index (Phi) is 6.46. The first kappa shape index (κ1) is 28.3. The van der Waals surface area contributed by atoms with Crippen LogP contribution in [0.3, 0.4) is 0 Å². The van der Waals surface area contributed by atoms with Crippen molar-refractivity contribution in [2.45, 2.75) is 0 Å². The molecule has 0 saturated carbocycles. The fourth-order valence-corrected chi connectivity index (χ4v) is 7.61. The van der Waals surface area contributed by atoms with E-state index in [0.29, 0.717) is 0 Å². The lowest BCUT2D eigenvalue weighted by atomic mass is 9.83. The van der Waals surface area contributed by atoms with Gasteiger partial charge in [0, 0.05) is 51.4 Å². The fourth-order valence-electron chi connectivity index (χ4n) is 7.61. The topological polar surface area (TPSA) is 51.6 Å². The van der Waals surface area contributed by atoms with Crippen molar-refractivity contribution in [2.24, 2.45) is 0 Å². The summed E-state index contributed by atoms with van der Waals surface area (Å²) < 4.78 is 0. The SMILES string of the molecule is c1ccc(-c2cc(-c3ccccn3)cc(-c3c4ccccc4c(-c4c5ccccc5nc5c4ccc4cccnc45)c4ccccc34)c2)nc1. The van der Waals surface area contributed by atoms with E-state index in [-0.39, 0.29) is 0 Å². The van der Waals surface area contributed by atoms with Gasteiger partial charge < -0.3 is 0 Å². The zero-order chi connectivity index (χ0) is 33.0. The predicted octanol–water partition coefficient (Wildman–Crippen LogP) is 11.7. The highest BCUT2D eigenvalue weighted by molar-refractivity contribution is 6.28. The molecule has 0 aliphatic carbocycles. The number of aromatic nitrogens is 4. The highest BCUT2D eigenvalue weighted by atomic mass is 14.7. The maximum Gasteiger partial charge on any atom is 0.0978 e. The van der Waals surface area contributed by atoms with Crippen LogP contribution in [-0.2, 0) is 0 Å². The molecule has 0 saturated heterocycles. The summed E-state index contributed by atoms with van der Waals surface area (Å²) in [7, 11) is 0. The van der Waals surface area contributed by atoms with E-state index in [9.17, 15) is 0 Å². The van der Waals surface area contributed by atoms with Gasteiger partial charge in [-0.2, -0.15) is 0 Å². The van der Waals surface area contributed by atoms with Crippen LogP contribution in [-0.4, -0.2) is 19.9 Å². The summed E-state index contributed by atoms with van der Waals surface area (Å²) in [6.45, 7) is 0. The molecule has 0 fully saturated rings. The molecule has 0 atom stereocenters. The maximum absolute atomic E-state index is 5.22. The molecule has 4 heterocycles. The molecule has 232 valence electrons. The number of hydrogen-bond acceptors (Lipinski definition) is 4. The zero-order valence-corrected chi connectivity index (χ0v) is 27.0. The predicted molar refractivity (Wildman–Crippen MR) is 207 cm³/mol. The van der Waals surface area contributed by atoms with Crippen molar-refractivity contribution in [3.05, 3.63) is 170 Å². The van der Waals surface area contributed by atoms with Gasteiger partial charge >= 0.3 is 0 Å². The Morgan fingerprint density at radius 3 is 1.46 bits per heavy atom. The smallest absolute Gasteiger partial charge is 0.0978 e. The van der Waals surface area contributed by atoms with Gasteiger partial charge in [-0.1, -0.05) is 97.1 Å². The van der Waals surface area contributed by atoms with E-state index in [1.807, 2.05) is 48.9 Å². The van der Waals surface area contributed by atoms with Gasteiger partial charge in [-0.25, -0.2) is 4.98 Å². The van der Waals surface area contributed by atoms with Crippen LogP contribution in [0.15, 0.2) is 170 Å². The third-order valence-electron chi connectivity index (χ3n) is 9.75. The van der Waals surface area contributed by atoms with Gasteiger partial charge in [0.05, 0.1) is 27.9 Å². The molecule has 0 spiro atoms. The quantitative estimate of drug-likeness (QED) is 0.142. The second-order valence-electron chi connectivity index (χ2n) is 12.6. The van der Waals surface area contributed by atoms with E-state index >= 15 is 0 Å². The van der Waals surface area contributed by atoms with Gasteiger partial charge in [0.25, 0.3) is 0 Å². The molecule has 6 aromatic carbocycles. The highest BCUT2D eigenvalue weighted by Gasteiger charge is 2.22. The van der Waals surface area contributed by atoms with Crippen molar-refractivity contribution in [3.63, 3.8) is 0 Å². The third kappa shape index (κ3) is 4.46. The number of para-hydroxylation sites is 1. The second-order valence-corrected chi connectivity index (χ2v) is 12.6. The van der Waals surface area contributed by atoms with E-state index in [1.165, 1.54) is 38.2 Å². The minimum atomic E-state index is 0.913. The average molecular weight is 637 g/mol. The van der Waals surface area contributed by atoms with Crippen molar-refractivity contribution in [1.29, 1.82) is 0 Å². The van der Waals surface area contributed by atoms with Crippen LogP contribution in [0.25, 0.3) is 99.0 Å². The highest BCUT2D eigenvalue weighted by Crippen LogP contribution is 2.48. The molecule has 0 N–H and O–H groups in total. The molecule has 0 aliphatic rings. The standard InChI is InChI=1S/C46H28N4/c1-3-15-35-33(13-1)42(32-27-30(39-18-7-9-23-47-39)26-31(28-32)40-19-8-10-24-48-40)34-14-2-4-16-36(34)43(35)44-37-17-5-6-20-41(37)50-46-38(44)22-21-29-12-11-25-49-45(29)46/h1-28H. The zero-order valence-electron chi connectivity index (χ0n) is 27.0. The molecule has 10 rings (SSSR count). The molecule has 0 amide bonds. The van der Waals surface area contributed by atoms with E-state index in [2.05, 4.69) is 121 Å². The summed E-state index contributed by atoms with van der Waals surface area (Å²) in [4.78, 5) is 19.5. The van der Waals surface area contributed by atoms with Crippen molar-refractivity contribution >= 4 is 54.3 Å². The molecule has 4 aromatic heterocycles. The first-order valence-electron chi connectivity index (χ1n) is 16.8. The van der Waals surface area contributed by atoms with Gasteiger partial charge in [0.15, 0.2) is 0 Å². The Morgan fingerprint density at radius 2 is 0.840 bits per heavy atom. The summed E-state index contributed by atoms with van der Waals surface area (Å²) >= 11 is 0. The normalized spacial score (nSPS) is 11.6. The van der Waals surface area contributed by atoms with E-state index in [1.54, 1.807) is 0 Å². The summed E-state index contributed by atoms with van der Waals surface area (Å²) in [5, 5.41) is 8.01. The molecule has 0 bridgehead atoms. The Labute approximate surface area is 288 Å². The number of pyridine rings is 4. The molecule has 0 aliphatic heterocycles. The number of hydrogen-bond donors (Lipinski definition) is 0. The lowest BCUT2D eigenvalue weighted by Gasteiger charge is -2.21. The molecule has 0 unspecified atom stereocenters. The summed E-state index contributed by atoms with van der Waals surface area (Å²) in [6, 6.07) is 53.5. The minimum absolute atomic E-state index is 0.913. The average Bonchev–Trinajstić information content (AvgIpc) is 3.19. The van der Waals surface area contributed by atoms with Crippen LogP contribution in [0.1, 0.15) is 0 Å². The van der Waals surface area contributed by atoms with Gasteiger partial charge in [-0.15, -0.1) is 0 Å². The van der Waals surface area contributed by atoms with Crippen LogP contribution < -0.4 is 0 Å². The van der Waals surface area contributed by atoms with E-state index in [4.69, 9.17) is 19.9 Å². The summed E-state index contributed by atoms with van der Waals surface area (Å²) in [5.74, 6) is 0. The maximum atomic E-state index is 5.22. The minimum Gasteiger partial charge on any atom is -0.256 e. The van der Waals surface area contributed by atoms with Crippen LogP contribution in [0.4, 0.5) is 0 Å². The number of benzene rings is 6. The fraction of sp³-hybridized carbons (Fsp3) is 0. The Bertz CT molecular complexity index is 2800. The Hall–Kier alpha value is -6.78. The van der Waals surface area contributed by atoms with Gasteiger partial charge in [0.2, 0.25) is 0 Å². The van der Waals surface area contributed by atoms with Crippen molar-refractivity contribution < 1.29 is 0 Å². The molecular weight excluding hydrogens is 609 g/mol. The van der Waals surface area contributed by atoms with Gasteiger partial charge in [-0.05, 0) is 92.8 Å². The van der Waals surface area contributed by atoms with Crippen LogP contribution in [0.5, 0.6) is 0 Å². The van der Waals surface area contributed by atoms with Crippen molar-refractivity contribution in [2.75, 3.05) is 0 Å². The number of fused-ring (bicyclic) bond motifs is 6. The molecule has 0 radical (unpaired) electrons. The molecule has 4 nitrogen and oxygen atoms in total. The lowest BCUT2D eigenvalue weighted by Crippen LogP contribution is -1.95. The first-order chi connectivity index (χ1) is 24.8. The third-order valence-corrected chi connectivity index (χ3v) is 9.75. The van der Waals surface area contributed by atoms with Crippen LogP contribution in [0.2, 0.25) is 0 Å². The monoisotopic (exact) mass is 636 g/mol. The lowest BCUT2D eigenvalue weighted by molar-refractivity contribution is 1.31. The molecule has 50 heavy (non-hydrogen) atoms. The van der Waals surface area contributed by atoms with Crippen molar-refractivity contribution in [1.82, 2.24) is 19.9 Å². The summed E-state index contributed by atoms with van der Waals surface area (Å²) in [5.41, 5.74) is 11.4. The Balaban J connectivity index is 1.36. The molecular formula is C46H28N4. The van der Waals surface area contributed by atoms with Gasteiger partial charge in [0.1, 0.15) is 0 Å². The number of rotatable bonds is 4. The first-order valence-corrected chi connectivity index (χ1v) is 16.8. The van der Waals surface area contributed by atoms with Crippen LogP contribution in [0, 0.1) is 0 Å². The summed E-state index contributed by atoms with van der Waals surface area (Å²) in [6.07, 6.45) is 5.56. The van der Waals surface area contributed by atoms with Crippen LogP contribution >= 0.6 is 0 Å².